The van der Waals surface area contributed by atoms with Crippen molar-refractivity contribution < 1.29 is 0 Å². The van der Waals surface area contributed by atoms with Crippen LogP contribution in [-0.4, -0.2) is 29.3 Å². The quantitative estimate of drug-likeness (QED) is 0.469. The van der Waals surface area contributed by atoms with Gasteiger partial charge in [-0.3, -0.25) is 4.99 Å². The van der Waals surface area contributed by atoms with E-state index in [2.05, 4.69) is 27.6 Å². The van der Waals surface area contributed by atoms with E-state index in [4.69, 9.17) is 0 Å². The maximum Gasteiger partial charge on any atom is 0.191 e. The van der Waals surface area contributed by atoms with Gasteiger partial charge >= 0.3 is 0 Å². The molecule has 1 aromatic carbocycles. The number of hydrogen-bond donors (Lipinski definition) is 2. The summed E-state index contributed by atoms with van der Waals surface area (Å²) in [5.74, 6) is 0.837. The van der Waals surface area contributed by atoms with Gasteiger partial charge in [-0.2, -0.15) is 5.10 Å². The van der Waals surface area contributed by atoms with Gasteiger partial charge in [0.2, 0.25) is 0 Å². The van der Waals surface area contributed by atoms with Crippen LogP contribution < -0.4 is 10.6 Å². The van der Waals surface area contributed by atoms with E-state index in [9.17, 15) is 0 Å². The highest BCUT2D eigenvalue weighted by atomic mass is 15.3. The number of benzene rings is 1. The molecule has 2 aromatic rings. The fourth-order valence-corrected chi connectivity index (χ4v) is 2.16. The molecule has 22 heavy (non-hydrogen) atoms. The van der Waals surface area contributed by atoms with Crippen LogP contribution in [0.15, 0.2) is 47.7 Å². The predicted octanol–water partition coefficient (Wildman–Crippen LogP) is 2.73. The first-order valence-electron chi connectivity index (χ1n) is 7.87. The number of guanidine groups is 1. The van der Waals surface area contributed by atoms with E-state index < -0.39 is 0 Å². The Hall–Kier alpha value is -2.30. The molecule has 0 saturated carbocycles. The van der Waals surface area contributed by atoms with Crippen molar-refractivity contribution >= 4 is 5.96 Å². The summed E-state index contributed by atoms with van der Waals surface area (Å²) in [6, 6.07) is 10.1. The molecule has 0 aliphatic carbocycles. The molecule has 0 unspecified atom stereocenters. The molecule has 0 spiro atoms. The van der Waals surface area contributed by atoms with Gasteiger partial charge < -0.3 is 10.6 Å². The Morgan fingerprint density at radius 2 is 2.00 bits per heavy atom. The maximum atomic E-state index is 4.39. The molecule has 0 aliphatic rings. The third-order valence-corrected chi connectivity index (χ3v) is 3.41. The molecule has 1 aromatic heterocycles. The molecule has 0 atom stereocenters. The number of hydrogen-bond acceptors (Lipinski definition) is 2. The standard InChI is InChI=1S/C17H25N5/c1-3-4-8-11-19-17(18-2)20-12-15-13-21-22(14-15)16-9-6-5-7-10-16/h5-7,9-10,13-14H,3-4,8,11-12H2,1-2H3,(H2,18,19,20). The minimum absolute atomic E-state index is 0.709. The van der Waals surface area contributed by atoms with Gasteiger partial charge in [0, 0.05) is 31.9 Å². The Morgan fingerprint density at radius 3 is 2.73 bits per heavy atom. The van der Waals surface area contributed by atoms with Gasteiger partial charge in [0.25, 0.3) is 0 Å². The molecule has 5 heteroatoms. The lowest BCUT2D eigenvalue weighted by molar-refractivity contribution is 0.683. The average molecular weight is 299 g/mol. The summed E-state index contributed by atoms with van der Waals surface area (Å²) < 4.78 is 1.88. The Balaban J connectivity index is 1.82. The molecule has 2 N–H and O–H groups in total. The highest BCUT2D eigenvalue weighted by Crippen LogP contribution is 2.07. The van der Waals surface area contributed by atoms with E-state index in [0.29, 0.717) is 6.54 Å². The van der Waals surface area contributed by atoms with Gasteiger partial charge in [0.05, 0.1) is 11.9 Å². The van der Waals surface area contributed by atoms with Crippen LogP contribution in [0.4, 0.5) is 0 Å². The van der Waals surface area contributed by atoms with Crippen LogP contribution in [0.2, 0.25) is 0 Å². The second kappa shape index (κ2) is 8.87. The first kappa shape index (κ1) is 16.1. The SMILES string of the molecule is CCCCCNC(=NC)NCc1cnn(-c2ccccc2)c1. The van der Waals surface area contributed by atoms with Crippen LogP contribution in [0.1, 0.15) is 31.7 Å². The fourth-order valence-electron chi connectivity index (χ4n) is 2.16. The fraction of sp³-hybridized carbons (Fsp3) is 0.412. The van der Waals surface area contributed by atoms with Crippen LogP contribution in [0.25, 0.3) is 5.69 Å². The minimum Gasteiger partial charge on any atom is -0.356 e. The number of aromatic nitrogens is 2. The Morgan fingerprint density at radius 1 is 1.18 bits per heavy atom. The van der Waals surface area contributed by atoms with E-state index in [-0.39, 0.29) is 0 Å². The largest absolute Gasteiger partial charge is 0.356 e. The zero-order chi connectivity index (χ0) is 15.6. The highest BCUT2D eigenvalue weighted by molar-refractivity contribution is 5.79. The Kier molecular flexibility index (Phi) is 6.48. The molecule has 118 valence electrons. The molecule has 1 heterocycles. The molecular formula is C17H25N5. The molecular weight excluding hydrogens is 274 g/mol. The first-order valence-corrected chi connectivity index (χ1v) is 7.87. The van der Waals surface area contributed by atoms with Crippen LogP contribution in [0, 0.1) is 0 Å². The van der Waals surface area contributed by atoms with Crippen molar-refractivity contribution in [3.8, 4) is 5.69 Å². The second-order valence-corrected chi connectivity index (χ2v) is 5.19. The van der Waals surface area contributed by atoms with Gasteiger partial charge in [-0.15, -0.1) is 0 Å². The smallest absolute Gasteiger partial charge is 0.191 e. The molecule has 0 aliphatic heterocycles. The summed E-state index contributed by atoms with van der Waals surface area (Å²) in [5.41, 5.74) is 2.19. The lowest BCUT2D eigenvalue weighted by atomic mass is 10.2. The van der Waals surface area contributed by atoms with Gasteiger partial charge in [-0.05, 0) is 18.6 Å². The van der Waals surface area contributed by atoms with E-state index in [1.807, 2.05) is 47.4 Å². The number of nitrogens with one attached hydrogen (secondary N) is 2. The van der Waals surface area contributed by atoms with Crippen molar-refractivity contribution in [2.75, 3.05) is 13.6 Å². The Labute approximate surface area is 132 Å². The molecule has 0 saturated heterocycles. The van der Waals surface area contributed by atoms with E-state index in [1.165, 1.54) is 19.3 Å². The minimum atomic E-state index is 0.709. The van der Waals surface area contributed by atoms with E-state index >= 15 is 0 Å². The van der Waals surface area contributed by atoms with Crippen molar-refractivity contribution in [1.29, 1.82) is 0 Å². The summed E-state index contributed by atoms with van der Waals surface area (Å²) in [6.45, 7) is 3.87. The monoisotopic (exact) mass is 299 g/mol. The number of rotatable bonds is 7. The predicted molar refractivity (Wildman–Crippen MR) is 91.3 cm³/mol. The summed E-state index contributed by atoms with van der Waals surface area (Å²) >= 11 is 0. The highest BCUT2D eigenvalue weighted by Gasteiger charge is 2.02. The third kappa shape index (κ3) is 4.91. The van der Waals surface area contributed by atoms with Gasteiger partial charge in [-0.1, -0.05) is 38.0 Å². The van der Waals surface area contributed by atoms with Crippen molar-refractivity contribution in [2.24, 2.45) is 4.99 Å². The molecule has 5 nitrogen and oxygen atoms in total. The summed E-state index contributed by atoms with van der Waals surface area (Å²) in [5, 5.41) is 11.0. The van der Waals surface area contributed by atoms with Crippen LogP contribution >= 0.6 is 0 Å². The number of aliphatic imine (C=N–C) groups is 1. The number of unbranched alkanes of at least 4 members (excludes halogenated alkanes) is 2. The molecule has 0 bridgehead atoms. The molecule has 2 rings (SSSR count). The van der Waals surface area contributed by atoms with Crippen molar-refractivity contribution in [3.05, 3.63) is 48.3 Å². The van der Waals surface area contributed by atoms with E-state index in [0.717, 1.165) is 23.8 Å². The third-order valence-electron chi connectivity index (χ3n) is 3.41. The topological polar surface area (TPSA) is 54.2 Å². The second-order valence-electron chi connectivity index (χ2n) is 5.19. The number of para-hydroxylation sites is 1. The zero-order valence-corrected chi connectivity index (χ0v) is 13.4. The van der Waals surface area contributed by atoms with Gasteiger partial charge in [-0.25, -0.2) is 4.68 Å². The lowest BCUT2D eigenvalue weighted by Crippen LogP contribution is -2.37. The van der Waals surface area contributed by atoms with Crippen molar-refractivity contribution in [2.45, 2.75) is 32.7 Å². The summed E-state index contributed by atoms with van der Waals surface area (Å²) in [6.07, 6.45) is 7.56. The molecule has 0 fully saturated rings. The van der Waals surface area contributed by atoms with Crippen LogP contribution in [-0.2, 0) is 6.54 Å². The van der Waals surface area contributed by atoms with Gasteiger partial charge in [0.15, 0.2) is 5.96 Å². The zero-order valence-electron chi connectivity index (χ0n) is 13.4. The van der Waals surface area contributed by atoms with Crippen molar-refractivity contribution in [3.63, 3.8) is 0 Å². The van der Waals surface area contributed by atoms with Crippen LogP contribution in [0.3, 0.4) is 0 Å². The maximum absolute atomic E-state index is 4.39. The summed E-state index contributed by atoms with van der Waals surface area (Å²) in [4.78, 5) is 4.23. The average Bonchev–Trinajstić information content (AvgIpc) is 3.04. The normalized spacial score (nSPS) is 11.5. The van der Waals surface area contributed by atoms with E-state index in [1.54, 1.807) is 7.05 Å². The lowest BCUT2D eigenvalue weighted by Gasteiger charge is -2.10. The molecule has 0 amide bonds. The first-order chi connectivity index (χ1) is 10.8. The summed E-state index contributed by atoms with van der Waals surface area (Å²) in [7, 11) is 1.79. The Bertz CT molecular complexity index is 574. The van der Waals surface area contributed by atoms with Crippen LogP contribution in [0.5, 0.6) is 0 Å². The van der Waals surface area contributed by atoms with Crippen molar-refractivity contribution in [1.82, 2.24) is 20.4 Å². The van der Waals surface area contributed by atoms with Gasteiger partial charge in [0.1, 0.15) is 0 Å². The molecule has 0 radical (unpaired) electrons. The number of nitrogens with zero attached hydrogens (tertiary/aromatic N) is 3.